The molecule has 0 fully saturated rings. The second-order valence-corrected chi connectivity index (χ2v) is 5.42. The van der Waals surface area contributed by atoms with Gasteiger partial charge in [-0.25, -0.2) is 9.71 Å². The molecule has 0 atom stereocenters. The average Bonchev–Trinajstić information content (AvgIpc) is 2.36. The number of halogens is 3. The number of rotatable bonds is 3. The Kier molecular flexibility index (Phi) is 4.53. The molecule has 0 saturated carbocycles. The van der Waals surface area contributed by atoms with Crippen molar-refractivity contribution in [2.45, 2.75) is 25.0 Å². The average molecular weight is 308 g/mol. The van der Waals surface area contributed by atoms with E-state index in [1.807, 2.05) is 0 Å². The normalized spacial score (nSPS) is 13.2. The Hall–Kier alpha value is -1.90. The molecule has 9 heteroatoms. The van der Waals surface area contributed by atoms with Gasteiger partial charge in [0.1, 0.15) is 0 Å². The zero-order valence-electron chi connectivity index (χ0n) is 10.5. The van der Waals surface area contributed by atoms with Gasteiger partial charge in [-0.1, -0.05) is 6.08 Å². The third-order valence-corrected chi connectivity index (χ3v) is 3.60. The van der Waals surface area contributed by atoms with Gasteiger partial charge in [0.2, 0.25) is 0 Å². The van der Waals surface area contributed by atoms with Crippen molar-refractivity contribution in [2.24, 2.45) is 0 Å². The smallest absolute Gasteiger partial charge is 0.269 e. The lowest BCUT2D eigenvalue weighted by Gasteiger charge is -2.08. The zero-order valence-corrected chi connectivity index (χ0v) is 11.3. The standard InChI is InChI=1S/C11H11F3N2O3S/c1-3-7(2)10(17)16-20(18,19)9-5-4-8(6-15-9)11(12,13)14/h3-6H,1-2H3,(H,16,17)/b7-3-. The highest BCUT2D eigenvalue weighted by Crippen LogP contribution is 2.28. The first-order chi connectivity index (χ1) is 9.08. The lowest BCUT2D eigenvalue weighted by Crippen LogP contribution is -2.31. The molecule has 0 aliphatic rings. The lowest BCUT2D eigenvalue weighted by molar-refractivity contribution is -0.137. The van der Waals surface area contributed by atoms with Crippen LogP contribution in [0.3, 0.4) is 0 Å². The van der Waals surface area contributed by atoms with E-state index in [2.05, 4.69) is 4.98 Å². The van der Waals surface area contributed by atoms with Crippen molar-refractivity contribution in [3.63, 3.8) is 0 Å². The number of nitrogens with zero attached hydrogens (tertiary/aromatic N) is 1. The van der Waals surface area contributed by atoms with Crippen molar-refractivity contribution in [3.8, 4) is 0 Å². The number of sulfonamides is 1. The van der Waals surface area contributed by atoms with Gasteiger partial charge in [-0.05, 0) is 26.0 Å². The Morgan fingerprint density at radius 2 is 1.95 bits per heavy atom. The Morgan fingerprint density at radius 1 is 1.35 bits per heavy atom. The summed E-state index contributed by atoms with van der Waals surface area (Å²) < 4.78 is 62.1. The van der Waals surface area contributed by atoms with Gasteiger partial charge in [-0.2, -0.15) is 21.6 Å². The summed E-state index contributed by atoms with van der Waals surface area (Å²) in [6, 6.07) is 1.26. The van der Waals surface area contributed by atoms with Gasteiger partial charge >= 0.3 is 6.18 Å². The summed E-state index contributed by atoms with van der Waals surface area (Å²) in [6.45, 7) is 2.93. The van der Waals surface area contributed by atoms with Crippen LogP contribution in [0.5, 0.6) is 0 Å². The molecule has 1 N–H and O–H groups in total. The van der Waals surface area contributed by atoms with E-state index in [0.29, 0.717) is 18.3 Å². The van der Waals surface area contributed by atoms with Crippen LogP contribution in [0.15, 0.2) is 35.0 Å². The first-order valence-electron chi connectivity index (χ1n) is 5.31. The molecule has 1 heterocycles. The molecule has 0 spiro atoms. The molecule has 0 aliphatic carbocycles. The fourth-order valence-corrected chi connectivity index (χ4v) is 2.04. The van der Waals surface area contributed by atoms with Crippen LogP contribution in [0, 0.1) is 0 Å². The second kappa shape index (κ2) is 5.61. The number of allylic oxidation sites excluding steroid dienone is 1. The van der Waals surface area contributed by atoms with Gasteiger partial charge in [0, 0.05) is 11.8 Å². The van der Waals surface area contributed by atoms with Gasteiger partial charge in [-0.15, -0.1) is 0 Å². The molecule has 1 amide bonds. The van der Waals surface area contributed by atoms with Crippen molar-refractivity contribution in [1.29, 1.82) is 0 Å². The topological polar surface area (TPSA) is 76.1 Å². The Balaban J connectivity index is 3.03. The number of pyridine rings is 1. The number of carbonyl (C=O) groups excluding carboxylic acids is 1. The molecule has 5 nitrogen and oxygen atoms in total. The highest BCUT2D eigenvalue weighted by molar-refractivity contribution is 7.90. The maximum atomic E-state index is 12.3. The molecule has 1 aromatic heterocycles. The van der Waals surface area contributed by atoms with Crippen molar-refractivity contribution in [1.82, 2.24) is 9.71 Å². The predicted molar refractivity (Wildman–Crippen MR) is 64.0 cm³/mol. The van der Waals surface area contributed by atoms with Gasteiger partial charge in [0.05, 0.1) is 5.56 Å². The van der Waals surface area contributed by atoms with Crippen molar-refractivity contribution in [2.75, 3.05) is 0 Å². The molecule has 0 unspecified atom stereocenters. The number of hydrogen-bond donors (Lipinski definition) is 1. The fourth-order valence-electron chi connectivity index (χ4n) is 1.09. The molecule has 1 aromatic rings. The molecular weight excluding hydrogens is 297 g/mol. The third-order valence-electron chi connectivity index (χ3n) is 2.36. The van der Waals surface area contributed by atoms with Gasteiger partial charge in [-0.3, -0.25) is 4.79 Å². The molecule has 0 aliphatic heterocycles. The quantitative estimate of drug-likeness (QED) is 0.865. The highest BCUT2D eigenvalue weighted by atomic mass is 32.2. The van der Waals surface area contributed by atoms with E-state index < -0.39 is 32.7 Å². The van der Waals surface area contributed by atoms with E-state index in [9.17, 15) is 26.4 Å². The minimum Gasteiger partial charge on any atom is -0.269 e. The number of hydrogen-bond acceptors (Lipinski definition) is 4. The van der Waals surface area contributed by atoms with E-state index in [4.69, 9.17) is 0 Å². The summed E-state index contributed by atoms with van der Waals surface area (Å²) in [5.41, 5.74) is -0.923. The van der Waals surface area contributed by atoms with E-state index in [0.717, 1.165) is 0 Å². The van der Waals surface area contributed by atoms with Gasteiger partial charge in [0.25, 0.3) is 15.9 Å². The van der Waals surface area contributed by atoms with Gasteiger partial charge < -0.3 is 0 Å². The molecule has 20 heavy (non-hydrogen) atoms. The molecular formula is C11H11F3N2O3S. The van der Waals surface area contributed by atoms with Crippen LogP contribution in [-0.2, 0) is 21.0 Å². The number of nitrogens with one attached hydrogen (secondary N) is 1. The van der Waals surface area contributed by atoms with E-state index in [1.165, 1.54) is 19.9 Å². The summed E-state index contributed by atoms with van der Waals surface area (Å²) in [5, 5.41) is -0.664. The summed E-state index contributed by atoms with van der Waals surface area (Å²) in [6.07, 6.45) is -2.83. The van der Waals surface area contributed by atoms with Crippen LogP contribution in [0.1, 0.15) is 19.4 Å². The summed E-state index contributed by atoms with van der Waals surface area (Å²) in [7, 11) is -4.30. The molecule has 0 aromatic carbocycles. The van der Waals surface area contributed by atoms with Crippen LogP contribution in [0.2, 0.25) is 0 Å². The Labute approximate surface area is 113 Å². The van der Waals surface area contributed by atoms with Crippen LogP contribution < -0.4 is 4.72 Å². The van der Waals surface area contributed by atoms with Crippen LogP contribution in [0.4, 0.5) is 13.2 Å². The Bertz CT molecular complexity index is 634. The first-order valence-corrected chi connectivity index (χ1v) is 6.79. The predicted octanol–water partition coefficient (Wildman–Crippen LogP) is 1.87. The maximum absolute atomic E-state index is 12.3. The van der Waals surface area contributed by atoms with Gasteiger partial charge in [0.15, 0.2) is 5.03 Å². The molecule has 1 rings (SSSR count). The number of carbonyl (C=O) groups is 1. The largest absolute Gasteiger partial charge is 0.417 e. The van der Waals surface area contributed by atoms with Crippen LogP contribution in [-0.4, -0.2) is 19.3 Å². The minimum absolute atomic E-state index is 0.153. The third kappa shape index (κ3) is 3.80. The number of amides is 1. The molecule has 110 valence electrons. The van der Waals surface area contributed by atoms with Crippen LogP contribution in [0.25, 0.3) is 0 Å². The van der Waals surface area contributed by atoms with Crippen molar-refractivity contribution >= 4 is 15.9 Å². The first kappa shape index (κ1) is 16.2. The zero-order chi connectivity index (χ0) is 15.6. The van der Waals surface area contributed by atoms with E-state index in [-0.39, 0.29) is 5.57 Å². The fraction of sp³-hybridized carbons (Fsp3) is 0.273. The lowest BCUT2D eigenvalue weighted by atomic mass is 10.3. The number of aromatic nitrogens is 1. The maximum Gasteiger partial charge on any atom is 0.417 e. The summed E-state index contributed by atoms with van der Waals surface area (Å²) in [4.78, 5) is 14.6. The SMILES string of the molecule is C/C=C(/C)C(=O)NS(=O)(=O)c1ccc(C(F)(F)F)cn1. The summed E-state index contributed by atoms with van der Waals surface area (Å²) in [5.74, 6) is -0.866. The van der Waals surface area contributed by atoms with Crippen molar-refractivity contribution in [3.05, 3.63) is 35.5 Å². The molecule has 0 radical (unpaired) electrons. The van der Waals surface area contributed by atoms with Crippen LogP contribution >= 0.6 is 0 Å². The van der Waals surface area contributed by atoms with E-state index in [1.54, 1.807) is 4.72 Å². The second-order valence-electron chi connectivity index (χ2n) is 3.79. The monoisotopic (exact) mass is 308 g/mol. The molecule has 0 bridgehead atoms. The van der Waals surface area contributed by atoms with E-state index >= 15 is 0 Å². The minimum atomic E-state index is -4.61. The van der Waals surface area contributed by atoms with Crippen molar-refractivity contribution < 1.29 is 26.4 Å². The molecule has 0 saturated heterocycles. The summed E-state index contributed by atoms with van der Waals surface area (Å²) >= 11 is 0. The highest BCUT2D eigenvalue weighted by Gasteiger charge is 2.31. The Morgan fingerprint density at radius 3 is 2.35 bits per heavy atom. The number of alkyl halides is 3.